The summed E-state index contributed by atoms with van der Waals surface area (Å²) in [7, 11) is 0. The molecule has 3 N–H and O–H groups in total. The molecule has 0 unspecified atom stereocenters. The van der Waals surface area contributed by atoms with Crippen LogP contribution >= 0.6 is 0 Å². The van der Waals surface area contributed by atoms with Crippen LogP contribution in [-0.2, 0) is 13.0 Å². The van der Waals surface area contributed by atoms with E-state index in [-0.39, 0.29) is 19.0 Å². The lowest BCUT2D eigenvalue weighted by atomic mass is 10.1. The zero-order chi connectivity index (χ0) is 13.7. The molecular weight excluding hydrogens is 245 g/mol. The first kappa shape index (κ1) is 13.4. The van der Waals surface area contributed by atoms with Crippen LogP contribution in [0.1, 0.15) is 11.1 Å². The van der Waals surface area contributed by atoms with Gasteiger partial charge in [-0.15, -0.1) is 0 Å². The summed E-state index contributed by atoms with van der Waals surface area (Å²) in [6.45, 7) is 0.186. The monoisotopic (exact) mass is 261 g/mol. The van der Waals surface area contributed by atoms with Crippen molar-refractivity contribution < 1.29 is 14.2 Å². The predicted octanol–water partition coefficient (Wildman–Crippen LogP) is 2.52. The molecule has 0 saturated carbocycles. The SMILES string of the molecule is Nc1ccc(COc2ccccc2CCO)c(F)c1. The van der Waals surface area contributed by atoms with E-state index in [4.69, 9.17) is 15.6 Å². The molecule has 0 aliphatic heterocycles. The van der Waals surface area contributed by atoms with Crippen molar-refractivity contribution in [3.05, 3.63) is 59.4 Å². The normalized spacial score (nSPS) is 10.4. The van der Waals surface area contributed by atoms with E-state index >= 15 is 0 Å². The first-order valence-electron chi connectivity index (χ1n) is 6.06. The van der Waals surface area contributed by atoms with Gasteiger partial charge in [-0.1, -0.05) is 24.3 Å². The molecule has 0 saturated heterocycles. The second-order valence-corrected chi connectivity index (χ2v) is 4.22. The Bertz CT molecular complexity index is 558. The van der Waals surface area contributed by atoms with Crippen molar-refractivity contribution in [3.8, 4) is 5.75 Å². The van der Waals surface area contributed by atoms with Gasteiger partial charge in [0.05, 0.1) is 0 Å². The molecule has 3 nitrogen and oxygen atoms in total. The lowest BCUT2D eigenvalue weighted by Gasteiger charge is -2.11. The molecule has 0 aliphatic rings. The fourth-order valence-corrected chi connectivity index (χ4v) is 1.81. The van der Waals surface area contributed by atoms with Crippen molar-refractivity contribution in [2.75, 3.05) is 12.3 Å². The molecule has 0 heterocycles. The fourth-order valence-electron chi connectivity index (χ4n) is 1.81. The summed E-state index contributed by atoms with van der Waals surface area (Å²) in [5.74, 6) is 0.285. The molecule has 4 heteroatoms. The Kier molecular flexibility index (Phi) is 4.36. The Balaban J connectivity index is 2.10. The standard InChI is InChI=1S/C15H16FNO2/c16-14-9-13(17)6-5-12(14)10-19-15-4-2-1-3-11(15)7-8-18/h1-6,9,18H,7-8,10,17H2. The van der Waals surface area contributed by atoms with Gasteiger partial charge in [-0.2, -0.15) is 0 Å². The van der Waals surface area contributed by atoms with Crippen molar-refractivity contribution in [1.29, 1.82) is 0 Å². The molecule has 19 heavy (non-hydrogen) atoms. The number of nitrogen functional groups attached to an aromatic ring is 1. The fraction of sp³-hybridized carbons (Fsp3) is 0.200. The third kappa shape index (κ3) is 3.45. The van der Waals surface area contributed by atoms with Gasteiger partial charge in [0, 0.05) is 17.9 Å². The van der Waals surface area contributed by atoms with Gasteiger partial charge in [-0.05, 0) is 30.2 Å². The van der Waals surface area contributed by atoms with Crippen LogP contribution in [0.3, 0.4) is 0 Å². The highest BCUT2D eigenvalue weighted by molar-refractivity contribution is 5.40. The smallest absolute Gasteiger partial charge is 0.131 e. The highest BCUT2D eigenvalue weighted by atomic mass is 19.1. The first-order chi connectivity index (χ1) is 9.20. The Morgan fingerprint density at radius 3 is 2.63 bits per heavy atom. The number of rotatable bonds is 5. The summed E-state index contributed by atoms with van der Waals surface area (Å²) in [6.07, 6.45) is 0.514. The van der Waals surface area contributed by atoms with Gasteiger partial charge in [0.15, 0.2) is 0 Å². The number of aliphatic hydroxyl groups is 1. The van der Waals surface area contributed by atoms with Gasteiger partial charge < -0.3 is 15.6 Å². The number of aliphatic hydroxyl groups excluding tert-OH is 1. The van der Waals surface area contributed by atoms with Gasteiger partial charge >= 0.3 is 0 Å². The molecule has 0 atom stereocenters. The topological polar surface area (TPSA) is 55.5 Å². The average molecular weight is 261 g/mol. The van der Waals surface area contributed by atoms with Gasteiger partial charge in [0.25, 0.3) is 0 Å². The summed E-state index contributed by atoms with van der Waals surface area (Å²) < 4.78 is 19.2. The quantitative estimate of drug-likeness (QED) is 0.813. The predicted molar refractivity (Wildman–Crippen MR) is 72.4 cm³/mol. The van der Waals surface area contributed by atoms with Crippen LogP contribution in [0.15, 0.2) is 42.5 Å². The summed E-state index contributed by atoms with van der Waals surface area (Å²) in [6, 6.07) is 11.9. The van der Waals surface area contributed by atoms with Crippen LogP contribution in [0.2, 0.25) is 0 Å². The maximum absolute atomic E-state index is 13.6. The van der Waals surface area contributed by atoms with E-state index in [1.807, 2.05) is 18.2 Å². The van der Waals surface area contributed by atoms with Crippen molar-refractivity contribution in [1.82, 2.24) is 0 Å². The molecule has 0 aromatic heterocycles. The van der Waals surface area contributed by atoms with Crippen LogP contribution in [-0.4, -0.2) is 11.7 Å². The number of hydrogen-bond donors (Lipinski definition) is 2. The van der Waals surface area contributed by atoms with E-state index in [2.05, 4.69) is 0 Å². The van der Waals surface area contributed by atoms with Gasteiger partial charge in [0.2, 0.25) is 0 Å². The summed E-state index contributed by atoms with van der Waals surface area (Å²) >= 11 is 0. The molecule has 2 rings (SSSR count). The number of nitrogens with two attached hydrogens (primary N) is 1. The van der Waals surface area contributed by atoms with Crippen molar-refractivity contribution in [2.24, 2.45) is 0 Å². The maximum atomic E-state index is 13.6. The van der Waals surface area contributed by atoms with Crippen LogP contribution in [0.4, 0.5) is 10.1 Å². The lowest BCUT2D eigenvalue weighted by molar-refractivity contribution is 0.281. The number of para-hydroxylation sites is 1. The van der Waals surface area contributed by atoms with Crippen molar-refractivity contribution in [3.63, 3.8) is 0 Å². The van der Waals surface area contributed by atoms with Crippen LogP contribution in [0.25, 0.3) is 0 Å². The number of benzene rings is 2. The zero-order valence-corrected chi connectivity index (χ0v) is 10.5. The summed E-state index contributed by atoms with van der Waals surface area (Å²) in [4.78, 5) is 0. The number of halogens is 1. The second-order valence-electron chi connectivity index (χ2n) is 4.22. The summed E-state index contributed by atoms with van der Waals surface area (Å²) in [5.41, 5.74) is 7.24. The van der Waals surface area contributed by atoms with Crippen molar-refractivity contribution >= 4 is 5.69 Å². The molecule has 0 amide bonds. The van der Waals surface area contributed by atoms with Crippen LogP contribution in [0.5, 0.6) is 5.75 Å². The van der Waals surface area contributed by atoms with Crippen molar-refractivity contribution in [2.45, 2.75) is 13.0 Å². The second kappa shape index (κ2) is 6.20. The molecule has 2 aromatic carbocycles. The van der Waals surface area contributed by atoms with E-state index in [0.29, 0.717) is 23.4 Å². The molecular formula is C15H16FNO2. The van der Waals surface area contributed by atoms with Crippen LogP contribution < -0.4 is 10.5 Å². The Morgan fingerprint density at radius 2 is 1.89 bits per heavy atom. The third-order valence-corrected chi connectivity index (χ3v) is 2.81. The van der Waals surface area contributed by atoms with E-state index < -0.39 is 0 Å². The summed E-state index contributed by atoms with van der Waals surface area (Å²) in [5, 5.41) is 8.97. The van der Waals surface area contributed by atoms with E-state index in [0.717, 1.165) is 5.56 Å². The largest absolute Gasteiger partial charge is 0.489 e. The number of ether oxygens (including phenoxy) is 1. The first-order valence-corrected chi connectivity index (χ1v) is 6.06. The minimum absolute atomic E-state index is 0.0522. The van der Waals surface area contributed by atoms with Gasteiger partial charge in [-0.25, -0.2) is 4.39 Å². The molecule has 2 aromatic rings. The van der Waals surface area contributed by atoms with Crippen LogP contribution in [0, 0.1) is 5.82 Å². The van der Waals surface area contributed by atoms with Gasteiger partial charge in [-0.3, -0.25) is 0 Å². The van der Waals surface area contributed by atoms with E-state index in [1.54, 1.807) is 18.2 Å². The average Bonchev–Trinajstić information content (AvgIpc) is 2.40. The lowest BCUT2D eigenvalue weighted by Crippen LogP contribution is -2.02. The zero-order valence-electron chi connectivity index (χ0n) is 10.5. The minimum Gasteiger partial charge on any atom is -0.489 e. The van der Waals surface area contributed by atoms with E-state index in [9.17, 15) is 4.39 Å². The van der Waals surface area contributed by atoms with E-state index in [1.165, 1.54) is 6.07 Å². The van der Waals surface area contributed by atoms with Gasteiger partial charge in [0.1, 0.15) is 18.2 Å². The Morgan fingerprint density at radius 1 is 1.11 bits per heavy atom. The molecule has 100 valence electrons. The molecule has 0 radical (unpaired) electrons. The Hall–Kier alpha value is -2.07. The number of anilines is 1. The molecule has 0 spiro atoms. The highest BCUT2D eigenvalue weighted by Crippen LogP contribution is 2.21. The minimum atomic E-state index is -0.375. The molecule has 0 aliphatic carbocycles. The highest BCUT2D eigenvalue weighted by Gasteiger charge is 2.06. The maximum Gasteiger partial charge on any atom is 0.131 e. The number of hydrogen-bond acceptors (Lipinski definition) is 3. The molecule has 0 fully saturated rings. The Labute approximate surface area is 111 Å². The third-order valence-electron chi connectivity index (χ3n) is 2.81. The molecule has 0 bridgehead atoms.